The topological polar surface area (TPSA) is 0 Å². The summed E-state index contributed by atoms with van der Waals surface area (Å²) in [7, 11) is 0. The van der Waals surface area contributed by atoms with Crippen molar-refractivity contribution in [2.75, 3.05) is 0 Å². The number of benzene rings is 3. The highest BCUT2D eigenvalue weighted by Crippen LogP contribution is 2.16. The van der Waals surface area contributed by atoms with Gasteiger partial charge in [0, 0.05) is 4.90 Å². The number of hydrogen-bond acceptors (Lipinski definition) is 1. The van der Waals surface area contributed by atoms with E-state index in [1.54, 1.807) is 30.0 Å². The van der Waals surface area contributed by atoms with Crippen molar-refractivity contribution >= 4 is 17.8 Å². The van der Waals surface area contributed by atoms with Gasteiger partial charge in [-0.25, -0.2) is 4.39 Å². The van der Waals surface area contributed by atoms with E-state index in [0.29, 0.717) is 0 Å². The molecule has 0 spiro atoms. The molecule has 27 heavy (non-hydrogen) atoms. The fourth-order valence-electron chi connectivity index (χ4n) is 1.97. The van der Waals surface area contributed by atoms with Gasteiger partial charge in [0.25, 0.3) is 0 Å². The molecule has 0 amide bonds. The quantitative estimate of drug-likeness (QED) is 0.323. The zero-order valence-electron chi connectivity index (χ0n) is 15.4. The number of hydrogen-bond donors (Lipinski definition) is 0. The van der Waals surface area contributed by atoms with Crippen LogP contribution in [0.15, 0.2) is 121 Å². The molecule has 0 radical (unpaired) electrons. The summed E-state index contributed by atoms with van der Waals surface area (Å²) in [5.41, 5.74) is 2.27. The molecule has 0 aliphatic rings. The Kier molecular flexibility index (Phi) is 11.8. The molecule has 0 unspecified atom stereocenters. The Balaban J connectivity index is 0.000000204. The molecule has 0 aliphatic heterocycles. The lowest BCUT2D eigenvalue weighted by atomic mass is 10.1. The number of halogens is 1. The van der Waals surface area contributed by atoms with Gasteiger partial charge < -0.3 is 0 Å². The Morgan fingerprint density at radius 1 is 0.741 bits per heavy atom. The van der Waals surface area contributed by atoms with Gasteiger partial charge in [0.15, 0.2) is 0 Å². The van der Waals surface area contributed by atoms with Gasteiger partial charge in [-0.1, -0.05) is 97.7 Å². The first-order valence-electron chi connectivity index (χ1n) is 8.55. The third kappa shape index (κ3) is 10.7. The van der Waals surface area contributed by atoms with Crippen LogP contribution >= 0.6 is 11.8 Å². The van der Waals surface area contributed by atoms with Gasteiger partial charge in [-0.2, -0.15) is 0 Å². The second kappa shape index (κ2) is 14.3. The van der Waals surface area contributed by atoms with E-state index in [4.69, 9.17) is 0 Å². The first-order valence-corrected chi connectivity index (χ1v) is 9.43. The van der Waals surface area contributed by atoms with Crippen LogP contribution in [0, 0.1) is 5.82 Å². The largest absolute Gasteiger partial charge is 0.207 e. The van der Waals surface area contributed by atoms with Crippen LogP contribution < -0.4 is 0 Å². The average molecular weight is 377 g/mol. The summed E-state index contributed by atoms with van der Waals surface area (Å²) in [5.74, 6) is -0.187. The molecule has 0 heterocycles. The molecule has 0 saturated heterocycles. The van der Waals surface area contributed by atoms with Gasteiger partial charge in [-0.15, -0.1) is 6.58 Å². The van der Waals surface area contributed by atoms with Crippen LogP contribution in [0.1, 0.15) is 11.1 Å². The second-order valence-electron chi connectivity index (χ2n) is 5.33. The minimum atomic E-state index is -0.187. The molecule has 0 aromatic heterocycles. The highest BCUT2D eigenvalue weighted by atomic mass is 32.2. The minimum Gasteiger partial charge on any atom is -0.207 e. The fourth-order valence-corrected chi connectivity index (χ4v) is 2.48. The number of thioether (sulfide) groups is 1. The fraction of sp³-hybridized carbons (Fsp3) is 0.0400. The lowest BCUT2D eigenvalue weighted by molar-refractivity contribution is 0.627. The van der Waals surface area contributed by atoms with Crippen LogP contribution in [-0.2, 0) is 6.42 Å². The lowest BCUT2D eigenvalue weighted by Crippen LogP contribution is -1.79. The van der Waals surface area contributed by atoms with Crippen molar-refractivity contribution in [2.45, 2.75) is 11.3 Å². The highest BCUT2D eigenvalue weighted by Gasteiger charge is 1.88. The summed E-state index contributed by atoms with van der Waals surface area (Å²) in [6.07, 6.45) is 4.44. The van der Waals surface area contributed by atoms with Crippen LogP contribution in [0.2, 0.25) is 0 Å². The van der Waals surface area contributed by atoms with Crippen molar-refractivity contribution in [3.05, 3.63) is 133 Å². The zero-order chi connectivity index (χ0) is 19.7. The molecule has 0 N–H and O–H groups in total. The summed E-state index contributed by atoms with van der Waals surface area (Å²) >= 11 is 1.64. The molecule has 3 rings (SSSR count). The van der Waals surface area contributed by atoms with Gasteiger partial charge in [-0.05, 0) is 47.2 Å². The molecule has 0 aliphatic carbocycles. The molecule has 3 aromatic rings. The van der Waals surface area contributed by atoms with E-state index >= 15 is 0 Å². The molecule has 0 atom stereocenters. The first kappa shape index (κ1) is 22.2. The Morgan fingerprint density at radius 2 is 1.30 bits per heavy atom. The molecule has 0 fully saturated rings. The van der Waals surface area contributed by atoms with Crippen molar-refractivity contribution in [2.24, 2.45) is 0 Å². The summed E-state index contributed by atoms with van der Waals surface area (Å²) in [4.78, 5) is 1.24. The van der Waals surface area contributed by atoms with Gasteiger partial charge in [-0.3, -0.25) is 0 Å². The number of rotatable bonds is 5. The molecule has 0 bridgehead atoms. The van der Waals surface area contributed by atoms with Crippen molar-refractivity contribution < 1.29 is 4.39 Å². The van der Waals surface area contributed by atoms with Crippen LogP contribution in [0.4, 0.5) is 4.39 Å². The third-order valence-corrected chi connectivity index (χ3v) is 4.00. The smallest absolute Gasteiger partial charge is 0.123 e. The summed E-state index contributed by atoms with van der Waals surface area (Å²) < 4.78 is 12.3. The van der Waals surface area contributed by atoms with E-state index in [1.807, 2.05) is 60.0 Å². The Morgan fingerprint density at radius 3 is 1.74 bits per heavy atom. The molecular weight excluding hydrogens is 351 g/mol. The Hall–Kier alpha value is -2.84. The number of allylic oxidation sites excluding steroid dienone is 1. The van der Waals surface area contributed by atoms with Crippen LogP contribution in [-0.4, -0.2) is 0 Å². The van der Waals surface area contributed by atoms with E-state index < -0.39 is 0 Å². The van der Waals surface area contributed by atoms with Crippen LogP contribution in [0.3, 0.4) is 0 Å². The van der Waals surface area contributed by atoms with E-state index in [-0.39, 0.29) is 5.82 Å². The lowest BCUT2D eigenvalue weighted by Gasteiger charge is -1.93. The maximum atomic E-state index is 12.3. The van der Waals surface area contributed by atoms with Gasteiger partial charge >= 0.3 is 0 Å². The van der Waals surface area contributed by atoms with E-state index in [0.717, 1.165) is 12.0 Å². The highest BCUT2D eigenvalue weighted by molar-refractivity contribution is 8.02. The maximum Gasteiger partial charge on any atom is 0.123 e. The normalized spacial score (nSPS) is 8.93. The Labute approximate surface area is 166 Å². The van der Waals surface area contributed by atoms with Crippen molar-refractivity contribution in [3.8, 4) is 0 Å². The zero-order valence-corrected chi connectivity index (χ0v) is 16.2. The SMILES string of the molecule is C=CCc1ccc(F)cc1.C=CSc1ccccc1.C=Cc1ccccc1. The maximum absolute atomic E-state index is 12.3. The van der Waals surface area contributed by atoms with E-state index in [1.165, 1.54) is 22.6 Å². The van der Waals surface area contributed by atoms with Gasteiger partial charge in [0.1, 0.15) is 5.82 Å². The predicted octanol–water partition coefficient (Wildman–Crippen LogP) is 7.81. The standard InChI is InChI=1S/C9H9F.C8H8S.C8H8/c1-2-3-8-4-6-9(10)7-5-8;1-2-9-8-6-4-3-5-7-8;1-2-8-6-4-3-5-7-8/h2,4-7H,1,3H2;2-7H,1H2;2-7H,1H2. The molecule has 2 heteroatoms. The van der Waals surface area contributed by atoms with Crippen LogP contribution in [0.25, 0.3) is 6.08 Å². The Bertz CT molecular complexity index is 778. The van der Waals surface area contributed by atoms with Crippen molar-refractivity contribution in [3.63, 3.8) is 0 Å². The van der Waals surface area contributed by atoms with Gasteiger partial charge in [0.05, 0.1) is 0 Å². The molecule has 0 nitrogen and oxygen atoms in total. The van der Waals surface area contributed by atoms with Crippen molar-refractivity contribution in [1.29, 1.82) is 0 Å². The molecular formula is C25H25FS. The third-order valence-electron chi connectivity index (χ3n) is 3.29. The van der Waals surface area contributed by atoms with Crippen molar-refractivity contribution in [1.82, 2.24) is 0 Å². The minimum absolute atomic E-state index is 0.187. The predicted molar refractivity (Wildman–Crippen MR) is 119 cm³/mol. The second-order valence-corrected chi connectivity index (χ2v) is 6.37. The van der Waals surface area contributed by atoms with Crippen LogP contribution in [0.5, 0.6) is 0 Å². The average Bonchev–Trinajstić information content (AvgIpc) is 2.73. The van der Waals surface area contributed by atoms with E-state index in [9.17, 15) is 4.39 Å². The molecule has 3 aromatic carbocycles. The summed E-state index contributed by atoms with van der Waals surface area (Å²) in [5, 5.41) is 1.83. The molecule has 0 saturated carbocycles. The monoisotopic (exact) mass is 376 g/mol. The molecule has 138 valence electrons. The van der Waals surface area contributed by atoms with E-state index in [2.05, 4.69) is 31.9 Å². The summed E-state index contributed by atoms with van der Waals surface area (Å²) in [6, 6.07) is 26.6. The summed E-state index contributed by atoms with van der Waals surface area (Å²) in [6.45, 7) is 10.8. The first-order chi connectivity index (χ1) is 13.2. The van der Waals surface area contributed by atoms with Gasteiger partial charge in [0.2, 0.25) is 0 Å².